The molecule has 0 spiro atoms. The molecule has 0 radical (unpaired) electrons. The molecule has 2 amide bonds. The van der Waals surface area contributed by atoms with Crippen molar-refractivity contribution in [2.45, 2.75) is 63.8 Å². The van der Waals surface area contributed by atoms with Crippen molar-refractivity contribution in [2.24, 2.45) is 0 Å². The van der Waals surface area contributed by atoms with Gasteiger partial charge in [-0.3, -0.25) is 14.5 Å². The molecular formula is C14H21NO2. The lowest BCUT2D eigenvalue weighted by atomic mass is 9.96. The number of rotatable bonds is 1. The van der Waals surface area contributed by atoms with Crippen molar-refractivity contribution in [1.29, 1.82) is 0 Å². The molecule has 1 aliphatic heterocycles. The predicted octanol–water partition coefficient (Wildman–Crippen LogP) is 2.80. The van der Waals surface area contributed by atoms with Gasteiger partial charge in [0.2, 0.25) is 0 Å². The Bertz CT molecular complexity index is 294. The fourth-order valence-electron chi connectivity index (χ4n) is 2.82. The van der Waals surface area contributed by atoms with Gasteiger partial charge in [-0.25, -0.2) is 0 Å². The molecule has 1 heterocycles. The molecule has 2 rings (SSSR count). The van der Waals surface area contributed by atoms with Crippen molar-refractivity contribution in [1.82, 2.24) is 4.90 Å². The Morgan fingerprint density at radius 1 is 0.765 bits per heavy atom. The van der Waals surface area contributed by atoms with E-state index in [1.807, 2.05) is 0 Å². The van der Waals surface area contributed by atoms with E-state index in [0.29, 0.717) is 0 Å². The van der Waals surface area contributed by atoms with E-state index < -0.39 is 0 Å². The Labute approximate surface area is 103 Å². The summed E-state index contributed by atoms with van der Waals surface area (Å²) in [4.78, 5) is 24.8. The van der Waals surface area contributed by atoms with Crippen LogP contribution in [0.1, 0.15) is 57.8 Å². The van der Waals surface area contributed by atoms with E-state index in [-0.39, 0.29) is 17.9 Å². The largest absolute Gasteiger partial charge is 0.272 e. The first-order chi connectivity index (χ1) is 8.29. The zero-order valence-corrected chi connectivity index (χ0v) is 10.4. The molecule has 1 aliphatic carbocycles. The summed E-state index contributed by atoms with van der Waals surface area (Å²) in [5, 5.41) is 0. The molecule has 2 aliphatic rings. The summed E-state index contributed by atoms with van der Waals surface area (Å²) in [6.07, 6.45) is 13.5. The van der Waals surface area contributed by atoms with Crippen LogP contribution in [0.15, 0.2) is 12.2 Å². The third-order valence-electron chi connectivity index (χ3n) is 3.78. The van der Waals surface area contributed by atoms with Gasteiger partial charge in [0.15, 0.2) is 0 Å². The average molecular weight is 235 g/mol. The van der Waals surface area contributed by atoms with E-state index in [2.05, 4.69) is 0 Å². The highest BCUT2D eigenvalue weighted by molar-refractivity contribution is 6.13. The van der Waals surface area contributed by atoms with E-state index in [9.17, 15) is 9.59 Å². The maximum absolute atomic E-state index is 11.7. The monoisotopic (exact) mass is 235 g/mol. The van der Waals surface area contributed by atoms with Crippen LogP contribution in [-0.2, 0) is 9.59 Å². The van der Waals surface area contributed by atoms with Crippen molar-refractivity contribution in [3.8, 4) is 0 Å². The lowest BCUT2D eigenvalue weighted by molar-refractivity contribution is -0.139. The molecule has 0 aromatic carbocycles. The maximum Gasteiger partial charge on any atom is 0.253 e. The van der Waals surface area contributed by atoms with Crippen molar-refractivity contribution in [3.05, 3.63) is 12.2 Å². The van der Waals surface area contributed by atoms with Crippen LogP contribution in [-0.4, -0.2) is 22.8 Å². The van der Waals surface area contributed by atoms with Crippen LogP contribution in [0.25, 0.3) is 0 Å². The molecule has 0 N–H and O–H groups in total. The van der Waals surface area contributed by atoms with E-state index in [1.54, 1.807) is 0 Å². The molecule has 3 heteroatoms. The van der Waals surface area contributed by atoms with E-state index in [4.69, 9.17) is 0 Å². The zero-order chi connectivity index (χ0) is 12.1. The summed E-state index contributed by atoms with van der Waals surface area (Å²) in [5.74, 6) is -0.228. The summed E-state index contributed by atoms with van der Waals surface area (Å²) >= 11 is 0. The van der Waals surface area contributed by atoms with Crippen molar-refractivity contribution < 1.29 is 9.59 Å². The normalized spacial score (nSPS) is 24.4. The van der Waals surface area contributed by atoms with Gasteiger partial charge in [0, 0.05) is 18.2 Å². The number of amides is 2. The molecule has 0 aromatic rings. The van der Waals surface area contributed by atoms with Gasteiger partial charge in [-0.15, -0.1) is 0 Å². The smallest absolute Gasteiger partial charge is 0.253 e. The van der Waals surface area contributed by atoms with Crippen LogP contribution in [0.3, 0.4) is 0 Å². The molecule has 0 atom stereocenters. The van der Waals surface area contributed by atoms with Crippen molar-refractivity contribution in [3.63, 3.8) is 0 Å². The van der Waals surface area contributed by atoms with Crippen LogP contribution in [0, 0.1) is 0 Å². The Balaban J connectivity index is 1.96. The minimum absolute atomic E-state index is 0.114. The molecule has 1 fully saturated rings. The minimum atomic E-state index is -0.114. The molecule has 94 valence electrons. The third kappa shape index (κ3) is 3.18. The standard InChI is InChI=1S/C14H21NO2/c16-13-10-11-14(17)15(13)12-8-6-4-2-1-3-5-7-9-12/h10-12H,1-9H2. The second-order valence-corrected chi connectivity index (χ2v) is 5.09. The lowest BCUT2D eigenvalue weighted by Gasteiger charge is -2.27. The number of imide groups is 1. The van der Waals surface area contributed by atoms with E-state index >= 15 is 0 Å². The minimum Gasteiger partial charge on any atom is -0.272 e. The molecule has 0 aromatic heterocycles. The van der Waals surface area contributed by atoms with E-state index in [1.165, 1.54) is 49.2 Å². The predicted molar refractivity (Wildman–Crippen MR) is 66.3 cm³/mol. The summed E-state index contributed by atoms with van der Waals surface area (Å²) in [6.45, 7) is 0. The number of hydrogen-bond acceptors (Lipinski definition) is 2. The molecule has 17 heavy (non-hydrogen) atoms. The van der Waals surface area contributed by atoms with Crippen LogP contribution in [0.2, 0.25) is 0 Å². The Hall–Kier alpha value is -1.12. The van der Waals surface area contributed by atoms with E-state index in [0.717, 1.165) is 25.7 Å². The molecule has 3 nitrogen and oxygen atoms in total. The Kier molecular flexibility index (Phi) is 4.35. The first kappa shape index (κ1) is 12.3. The van der Waals surface area contributed by atoms with Crippen molar-refractivity contribution >= 4 is 11.8 Å². The Morgan fingerprint density at radius 2 is 1.18 bits per heavy atom. The highest BCUT2D eigenvalue weighted by Gasteiger charge is 2.30. The van der Waals surface area contributed by atoms with Gasteiger partial charge in [-0.05, 0) is 12.8 Å². The third-order valence-corrected chi connectivity index (χ3v) is 3.78. The Morgan fingerprint density at radius 3 is 1.65 bits per heavy atom. The van der Waals surface area contributed by atoms with Gasteiger partial charge in [0.1, 0.15) is 0 Å². The molecule has 0 bridgehead atoms. The molecule has 1 saturated carbocycles. The molecule has 0 saturated heterocycles. The van der Waals surface area contributed by atoms with Crippen LogP contribution in [0.4, 0.5) is 0 Å². The maximum atomic E-state index is 11.7. The SMILES string of the molecule is O=C1C=CC(=O)N1C1CCCCCCCCC1. The lowest BCUT2D eigenvalue weighted by Crippen LogP contribution is -2.40. The second-order valence-electron chi connectivity index (χ2n) is 5.09. The van der Waals surface area contributed by atoms with Gasteiger partial charge < -0.3 is 0 Å². The van der Waals surface area contributed by atoms with Gasteiger partial charge in [0.05, 0.1) is 0 Å². The van der Waals surface area contributed by atoms with Gasteiger partial charge in [0.25, 0.3) is 11.8 Å². The van der Waals surface area contributed by atoms with Crippen molar-refractivity contribution in [2.75, 3.05) is 0 Å². The molecular weight excluding hydrogens is 214 g/mol. The highest BCUT2D eigenvalue weighted by Crippen LogP contribution is 2.23. The number of carbonyl (C=O) groups is 2. The first-order valence-electron chi connectivity index (χ1n) is 6.84. The highest BCUT2D eigenvalue weighted by atomic mass is 16.2. The number of carbonyl (C=O) groups excluding carboxylic acids is 2. The summed E-state index contributed by atoms with van der Waals surface area (Å²) < 4.78 is 0. The zero-order valence-electron chi connectivity index (χ0n) is 10.4. The second kappa shape index (κ2) is 5.99. The molecule has 0 unspecified atom stereocenters. The van der Waals surface area contributed by atoms with Crippen LogP contribution in [0.5, 0.6) is 0 Å². The van der Waals surface area contributed by atoms with Crippen LogP contribution < -0.4 is 0 Å². The average Bonchev–Trinajstić information content (AvgIpc) is 2.66. The number of hydrogen-bond donors (Lipinski definition) is 0. The van der Waals surface area contributed by atoms with Gasteiger partial charge in [-0.1, -0.05) is 44.9 Å². The first-order valence-corrected chi connectivity index (χ1v) is 6.84. The van der Waals surface area contributed by atoms with Gasteiger partial charge in [-0.2, -0.15) is 0 Å². The summed E-state index contributed by atoms with van der Waals surface area (Å²) in [7, 11) is 0. The van der Waals surface area contributed by atoms with Crippen LogP contribution >= 0.6 is 0 Å². The fraction of sp³-hybridized carbons (Fsp3) is 0.714. The van der Waals surface area contributed by atoms with Gasteiger partial charge >= 0.3 is 0 Å². The summed E-state index contributed by atoms with van der Waals surface area (Å²) in [5.41, 5.74) is 0. The topological polar surface area (TPSA) is 37.4 Å². The quantitative estimate of drug-likeness (QED) is 0.655. The number of nitrogens with zero attached hydrogens (tertiary/aromatic N) is 1. The summed E-state index contributed by atoms with van der Waals surface area (Å²) in [6, 6.07) is 0.142. The fourth-order valence-corrected chi connectivity index (χ4v) is 2.82.